The highest BCUT2D eigenvalue weighted by molar-refractivity contribution is 8.00. The first-order valence-electron chi connectivity index (χ1n) is 6.38. The van der Waals surface area contributed by atoms with E-state index >= 15 is 0 Å². The molecule has 1 aliphatic carbocycles. The van der Waals surface area contributed by atoms with Gasteiger partial charge in [-0.3, -0.25) is 5.41 Å². The van der Waals surface area contributed by atoms with E-state index in [9.17, 15) is 0 Å². The highest BCUT2D eigenvalue weighted by Crippen LogP contribution is 2.44. The van der Waals surface area contributed by atoms with Gasteiger partial charge in [-0.15, -0.1) is 23.1 Å². The van der Waals surface area contributed by atoms with Crippen LogP contribution >= 0.6 is 23.1 Å². The van der Waals surface area contributed by atoms with Gasteiger partial charge in [0.05, 0.1) is 15.7 Å². The molecule has 1 aliphatic rings. The minimum absolute atomic E-state index is 0.352. The third kappa shape index (κ3) is 2.59. The SMILES string of the molecule is CCOC(=N)c1sc(SC)c2c1CC(C)(C)CC2. The normalized spacial score (nSPS) is 17.3. The van der Waals surface area contributed by atoms with E-state index in [0.717, 1.165) is 17.7 Å². The summed E-state index contributed by atoms with van der Waals surface area (Å²) in [4.78, 5) is 1.06. The molecular formula is C14H21NOS2. The molecule has 0 fully saturated rings. The van der Waals surface area contributed by atoms with Crippen molar-refractivity contribution in [1.29, 1.82) is 5.41 Å². The van der Waals surface area contributed by atoms with Crippen LogP contribution in [0.25, 0.3) is 0 Å². The Morgan fingerprint density at radius 1 is 1.44 bits per heavy atom. The Morgan fingerprint density at radius 3 is 2.78 bits per heavy atom. The molecule has 4 heteroatoms. The van der Waals surface area contributed by atoms with Crippen molar-refractivity contribution in [3.05, 3.63) is 16.0 Å². The van der Waals surface area contributed by atoms with Gasteiger partial charge >= 0.3 is 0 Å². The van der Waals surface area contributed by atoms with E-state index in [2.05, 4.69) is 20.1 Å². The van der Waals surface area contributed by atoms with Crippen molar-refractivity contribution >= 4 is 29.0 Å². The summed E-state index contributed by atoms with van der Waals surface area (Å²) in [7, 11) is 0. The maximum atomic E-state index is 8.07. The van der Waals surface area contributed by atoms with E-state index in [-0.39, 0.29) is 0 Å². The van der Waals surface area contributed by atoms with Gasteiger partial charge in [0, 0.05) is 0 Å². The number of hydrogen-bond acceptors (Lipinski definition) is 4. The first-order chi connectivity index (χ1) is 8.48. The van der Waals surface area contributed by atoms with Gasteiger partial charge in [0.15, 0.2) is 0 Å². The molecular weight excluding hydrogens is 262 g/mol. The molecule has 1 aromatic heterocycles. The van der Waals surface area contributed by atoms with Gasteiger partial charge in [-0.1, -0.05) is 13.8 Å². The molecule has 2 nitrogen and oxygen atoms in total. The first-order valence-corrected chi connectivity index (χ1v) is 8.43. The molecule has 0 amide bonds. The van der Waals surface area contributed by atoms with Gasteiger partial charge in [0.25, 0.3) is 0 Å². The molecule has 0 aromatic carbocycles. The fourth-order valence-corrected chi connectivity index (χ4v) is 4.56. The van der Waals surface area contributed by atoms with Gasteiger partial charge in [-0.2, -0.15) is 0 Å². The number of nitrogens with one attached hydrogen (secondary N) is 1. The zero-order valence-electron chi connectivity index (χ0n) is 11.6. The lowest BCUT2D eigenvalue weighted by Gasteiger charge is -2.30. The minimum Gasteiger partial charge on any atom is -0.477 e. The average molecular weight is 283 g/mol. The second-order valence-electron chi connectivity index (χ2n) is 5.48. The maximum absolute atomic E-state index is 8.07. The predicted octanol–water partition coefficient (Wildman–Crippen LogP) is 4.35. The van der Waals surface area contributed by atoms with Crippen LogP contribution in [0, 0.1) is 10.8 Å². The van der Waals surface area contributed by atoms with Crippen molar-refractivity contribution in [2.45, 2.75) is 44.2 Å². The summed E-state index contributed by atoms with van der Waals surface area (Å²) in [6, 6.07) is 0. The van der Waals surface area contributed by atoms with Crippen LogP contribution in [0.4, 0.5) is 0 Å². The number of ether oxygens (including phenoxy) is 1. The summed E-state index contributed by atoms with van der Waals surface area (Å²) in [6.45, 7) is 7.15. The van der Waals surface area contributed by atoms with Crippen molar-refractivity contribution in [2.75, 3.05) is 12.9 Å². The van der Waals surface area contributed by atoms with Crippen molar-refractivity contribution in [1.82, 2.24) is 0 Å². The van der Waals surface area contributed by atoms with Gasteiger partial charge in [0.1, 0.15) is 0 Å². The molecule has 0 spiro atoms. The Hall–Kier alpha value is -0.480. The van der Waals surface area contributed by atoms with E-state index in [1.807, 2.05) is 6.92 Å². The number of thiophene rings is 1. The zero-order chi connectivity index (χ0) is 13.3. The molecule has 0 saturated carbocycles. The summed E-state index contributed by atoms with van der Waals surface area (Å²) in [6.07, 6.45) is 5.59. The fraction of sp³-hybridized carbons (Fsp3) is 0.643. The standard InChI is InChI=1S/C14H21NOS2/c1-5-16-12(15)11-10-8-14(2,3)7-6-9(10)13(17-4)18-11/h15H,5-8H2,1-4H3. The molecule has 0 saturated heterocycles. The largest absolute Gasteiger partial charge is 0.477 e. The molecule has 2 rings (SSSR count). The molecule has 0 aliphatic heterocycles. The lowest BCUT2D eigenvalue weighted by atomic mass is 9.75. The average Bonchev–Trinajstić information content (AvgIpc) is 2.65. The second-order valence-corrected chi connectivity index (χ2v) is 7.58. The predicted molar refractivity (Wildman–Crippen MR) is 80.4 cm³/mol. The van der Waals surface area contributed by atoms with Gasteiger partial charge in [-0.05, 0) is 49.0 Å². The third-order valence-corrected chi connectivity index (χ3v) is 5.90. The quantitative estimate of drug-likeness (QED) is 0.508. The van der Waals surface area contributed by atoms with E-state index < -0.39 is 0 Å². The maximum Gasteiger partial charge on any atom is 0.223 e. The van der Waals surface area contributed by atoms with Crippen molar-refractivity contribution in [3.63, 3.8) is 0 Å². The lowest BCUT2D eigenvalue weighted by Crippen LogP contribution is -2.23. The van der Waals surface area contributed by atoms with E-state index in [4.69, 9.17) is 10.1 Å². The molecule has 1 heterocycles. The Balaban J connectivity index is 2.42. The summed E-state index contributed by atoms with van der Waals surface area (Å²) in [5, 5.41) is 8.07. The number of thioether (sulfide) groups is 1. The zero-order valence-corrected chi connectivity index (χ0v) is 13.2. The third-order valence-electron chi connectivity index (χ3n) is 3.47. The molecule has 0 atom stereocenters. The molecule has 18 heavy (non-hydrogen) atoms. The summed E-state index contributed by atoms with van der Waals surface area (Å²) >= 11 is 3.54. The van der Waals surface area contributed by atoms with Crippen LogP contribution in [-0.4, -0.2) is 18.8 Å². The summed E-state index contributed by atoms with van der Waals surface area (Å²) in [5.41, 5.74) is 3.20. The Labute approximate surface area is 118 Å². The van der Waals surface area contributed by atoms with Gasteiger partial charge in [-0.25, -0.2) is 0 Å². The summed E-state index contributed by atoms with van der Waals surface area (Å²) in [5.74, 6) is 0.358. The monoisotopic (exact) mass is 283 g/mol. The van der Waals surface area contributed by atoms with Gasteiger partial charge in [0.2, 0.25) is 5.90 Å². The fourth-order valence-electron chi connectivity index (χ4n) is 2.50. The van der Waals surface area contributed by atoms with Crippen molar-refractivity contribution in [2.24, 2.45) is 5.41 Å². The van der Waals surface area contributed by atoms with Crippen molar-refractivity contribution < 1.29 is 4.74 Å². The smallest absolute Gasteiger partial charge is 0.223 e. The van der Waals surface area contributed by atoms with Crippen LogP contribution in [-0.2, 0) is 17.6 Å². The molecule has 0 bridgehead atoms. The summed E-state index contributed by atoms with van der Waals surface area (Å²) < 4.78 is 6.78. The van der Waals surface area contributed by atoms with E-state index in [1.165, 1.54) is 21.8 Å². The molecule has 0 radical (unpaired) electrons. The highest BCUT2D eigenvalue weighted by Gasteiger charge is 2.31. The van der Waals surface area contributed by atoms with E-state index in [1.54, 1.807) is 23.1 Å². The van der Waals surface area contributed by atoms with Crippen LogP contribution < -0.4 is 0 Å². The van der Waals surface area contributed by atoms with Crippen LogP contribution in [0.15, 0.2) is 4.21 Å². The topological polar surface area (TPSA) is 33.1 Å². The molecule has 1 aromatic rings. The highest BCUT2D eigenvalue weighted by atomic mass is 32.2. The van der Waals surface area contributed by atoms with E-state index in [0.29, 0.717) is 17.9 Å². The molecule has 0 unspecified atom stereocenters. The van der Waals surface area contributed by atoms with Crippen molar-refractivity contribution in [3.8, 4) is 0 Å². The van der Waals surface area contributed by atoms with Crippen LogP contribution in [0.2, 0.25) is 0 Å². The number of hydrogen-bond donors (Lipinski definition) is 1. The lowest BCUT2D eigenvalue weighted by molar-refractivity contribution is 0.310. The van der Waals surface area contributed by atoms with Crippen LogP contribution in [0.1, 0.15) is 43.2 Å². The molecule has 1 N–H and O–H groups in total. The second kappa shape index (κ2) is 5.25. The number of fused-ring (bicyclic) bond motifs is 1. The minimum atomic E-state index is 0.352. The number of rotatable bonds is 3. The first kappa shape index (κ1) is 13.9. The Morgan fingerprint density at radius 2 is 2.17 bits per heavy atom. The Bertz CT molecular complexity index is 463. The van der Waals surface area contributed by atoms with Crippen LogP contribution in [0.3, 0.4) is 0 Å². The Kier molecular flexibility index (Phi) is 4.07. The van der Waals surface area contributed by atoms with Crippen LogP contribution in [0.5, 0.6) is 0 Å². The molecule has 100 valence electrons. The van der Waals surface area contributed by atoms with Gasteiger partial charge < -0.3 is 4.74 Å².